The van der Waals surface area contributed by atoms with Gasteiger partial charge in [-0.15, -0.1) is 0 Å². The Morgan fingerprint density at radius 1 is 1.00 bits per heavy atom. The van der Waals surface area contributed by atoms with Gasteiger partial charge >= 0.3 is 12.3 Å². The molecular weight excluding hydrogens is 538 g/mol. The van der Waals surface area contributed by atoms with Crippen molar-refractivity contribution in [3.8, 4) is 17.2 Å². The fourth-order valence-electron chi connectivity index (χ4n) is 4.77. The third-order valence-corrected chi connectivity index (χ3v) is 6.67. The first-order chi connectivity index (χ1) is 19.3. The fourth-order valence-corrected chi connectivity index (χ4v) is 4.77. The summed E-state index contributed by atoms with van der Waals surface area (Å²) in [6.45, 7) is -2.78. The van der Waals surface area contributed by atoms with Gasteiger partial charge in [0.25, 0.3) is 5.56 Å². The number of fused-ring (bicyclic) bond motifs is 1. The number of hydrogen-bond acceptors (Lipinski definition) is 6. The molecular formula is C27H29F4N3O6. The molecule has 2 aromatic carbocycles. The molecule has 2 heterocycles. The highest BCUT2D eigenvalue weighted by molar-refractivity contribution is 5.80. The Bertz CT molecular complexity index is 1450. The maximum absolute atomic E-state index is 13.8. The summed E-state index contributed by atoms with van der Waals surface area (Å²) in [5.74, 6) is -0.109. The number of amides is 1. The maximum Gasteiger partial charge on any atom is 0.387 e. The van der Waals surface area contributed by atoms with Crippen LogP contribution in [0.25, 0.3) is 10.9 Å². The maximum atomic E-state index is 13.8. The molecule has 0 atom stereocenters. The van der Waals surface area contributed by atoms with Gasteiger partial charge in [-0.25, -0.2) is 13.6 Å². The second-order valence-electron chi connectivity index (χ2n) is 9.24. The summed E-state index contributed by atoms with van der Waals surface area (Å²) < 4.78 is 69.6. The topological polar surface area (TPSA) is 92.0 Å². The second kappa shape index (κ2) is 12.9. The van der Waals surface area contributed by atoms with Crippen molar-refractivity contribution in [3.63, 3.8) is 0 Å². The zero-order valence-electron chi connectivity index (χ0n) is 21.7. The highest BCUT2D eigenvalue weighted by Crippen LogP contribution is 2.30. The first-order valence-corrected chi connectivity index (χ1v) is 12.8. The molecule has 1 fully saturated rings. The number of rotatable bonds is 12. The van der Waals surface area contributed by atoms with Crippen molar-refractivity contribution in [2.24, 2.45) is 0 Å². The van der Waals surface area contributed by atoms with Crippen molar-refractivity contribution < 1.29 is 36.6 Å². The van der Waals surface area contributed by atoms with E-state index in [1.807, 2.05) is 0 Å². The van der Waals surface area contributed by atoms with E-state index >= 15 is 0 Å². The third-order valence-electron chi connectivity index (χ3n) is 6.67. The normalized spacial score (nSPS) is 14.2. The van der Waals surface area contributed by atoms with Crippen LogP contribution in [0.1, 0.15) is 31.4 Å². The number of benzene rings is 2. The SMILES string of the molecule is CCOc1cc(Cn2c(=O)c3cc(OC(CF)CF)ccc3n(C3CCN(C=O)CC3)c2=O)ccc1OC(F)F. The molecule has 0 aliphatic carbocycles. The molecule has 0 radical (unpaired) electrons. The van der Waals surface area contributed by atoms with Gasteiger partial charge in [0.15, 0.2) is 17.6 Å². The summed E-state index contributed by atoms with van der Waals surface area (Å²) >= 11 is 0. The molecule has 0 saturated carbocycles. The summed E-state index contributed by atoms with van der Waals surface area (Å²) in [5.41, 5.74) is -0.550. The Morgan fingerprint density at radius 2 is 1.73 bits per heavy atom. The first-order valence-electron chi connectivity index (χ1n) is 12.8. The molecule has 216 valence electrons. The number of nitrogens with zero attached hydrogens (tertiary/aromatic N) is 3. The molecule has 13 heteroatoms. The molecule has 1 aliphatic rings. The van der Waals surface area contributed by atoms with Crippen LogP contribution in [0, 0.1) is 0 Å². The number of ether oxygens (including phenoxy) is 3. The van der Waals surface area contributed by atoms with Gasteiger partial charge in [0.1, 0.15) is 19.1 Å². The van der Waals surface area contributed by atoms with E-state index in [0.717, 1.165) is 11.0 Å². The zero-order chi connectivity index (χ0) is 28.8. The number of carbonyl (C=O) groups excluding carboxylic acids is 1. The molecule has 40 heavy (non-hydrogen) atoms. The minimum absolute atomic E-state index is 0.0230. The van der Waals surface area contributed by atoms with Crippen molar-refractivity contribution >= 4 is 17.3 Å². The smallest absolute Gasteiger partial charge is 0.387 e. The number of piperidine rings is 1. The lowest BCUT2D eigenvalue weighted by molar-refractivity contribution is -0.119. The number of halogens is 4. The lowest BCUT2D eigenvalue weighted by Gasteiger charge is -2.31. The Kier molecular flexibility index (Phi) is 9.33. The average molecular weight is 568 g/mol. The third kappa shape index (κ3) is 6.23. The van der Waals surface area contributed by atoms with Gasteiger partial charge in [0.2, 0.25) is 6.41 Å². The van der Waals surface area contributed by atoms with E-state index in [2.05, 4.69) is 4.74 Å². The molecule has 4 rings (SSSR count). The van der Waals surface area contributed by atoms with Crippen LogP contribution >= 0.6 is 0 Å². The molecule has 0 bridgehead atoms. The summed E-state index contributed by atoms with van der Waals surface area (Å²) in [6, 6.07) is 8.07. The number of alkyl halides is 4. The molecule has 0 spiro atoms. The van der Waals surface area contributed by atoms with E-state index in [9.17, 15) is 31.9 Å². The predicted octanol–water partition coefficient (Wildman–Crippen LogP) is 3.69. The molecule has 1 amide bonds. The second-order valence-corrected chi connectivity index (χ2v) is 9.24. The van der Waals surface area contributed by atoms with Crippen LogP contribution in [0.2, 0.25) is 0 Å². The Balaban J connectivity index is 1.83. The van der Waals surface area contributed by atoms with Crippen LogP contribution in [0.5, 0.6) is 17.2 Å². The zero-order valence-corrected chi connectivity index (χ0v) is 21.7. The van der Waals surface area contributed by atoms with Crippen molar-refractivity contribution in [2.75, 3.05) is 33.0 Å². The van der Waals surface area contributed by atoms with Crippen molar-refractivity contribution in [2.45, 2.75) is 45.1 Å². The largest absolute Gasteiger partial charge is 0.490 e. The van der Waals surface area contributed by atoms with Crippen LogP contribution < -0.4 is 25.5 Å². The average Bonchev–Trinajstić information content (AvgIpc) is 2.95. The first kappa shape index (κ1) is 29.0. The standard InChI is InChI=1S/C27H29F4N3O6/c1-2-38-24-11-17(3-6-23(24)40-26(30)31)15-33-25(36)21-12-19(39-20(13-28)14-29)4-5-22(21)34(27(33)37)18-7-9-32(16-35)10-8-18/h3-6,11-12,16,18,20,26H,2,7-10,13-15H2,1H3. The Labute approximate surface area is 226 Å². The van der Waals surface area contributed by atoms with E-state index in [4.69, 9.17) is 9.47 Å². The van der Waals surface area contributed by atoms with Crippen LogP contribution in [0.15, 0.2) is 46.0 Å². The van der Waals surface area contributed by atoms with Crippen LogP contribution in [0.4, 0.5) is 17.6 Å². The molecule has 0 unspecified atom stereocenters. The van der Waals surface area contributed by atoms with Gasteiger partial charge in [0.05, 0.1) is 24.1 Å². The number of likely N-dealkylation sites (tertiary alicyclic amines) is 1. The van der Waals surface area contributed by atoms with Crippen molar-refractivity contribution in [3.05, 3.63) is 62.8 Å². The molecule has 3 aromatic rings. The summed E-state index contributed by atoms with van der Waals surface area (Å²) in [5, 5.41) is 0.0917. The van der Waals surface area contributed by atoms with Crippen molar-refractivity contribution in [1.82, 2.24) is 14.0 Å². The molecule has 1 aromatic heterocycles. The van der Waals surface area contributed by atoms with Crippen LogP contribution in [0.3, 0.4) is 0 Å². The van der Waals surface area contributed by atoms with Gasteiger partial charge in [-0.05, 0) is 55.7 Å². The van der Waals surface area contributed by atoms with Crippen LogP contribution in [-0.2, 0) is 11.3 Å². The van der Waals surface area contributed by atoms with Crippen LogP contribution in [-0.4, -0.2) is 66.2 Å². The number of hydrogen-bond donors (Lipinski definition) is 0. The highest BCUT2D eigenvalue weighted by Gasteiger charge is 2.25. The number of aromatic nitrogens is 2. The van der Waals surface area contributed by atoms with E-state index in [-0.39, 0.29) is 41.8 Å². The minimum atomic E-state index is -3.07. The summed E-state index contributed by atoms with van der Waals surface area (Å²) in [4.78, 5) is 40.2. The van der Waals surface area contributed by atoms with E-state index in [1.54, 1.807) is 11.8 Å². The lowest BCUT2D eigenvalue weighted by atomic mass is 10.0. The monoisotopic (exact) mass is 567 g/mol. The van der Waals surface area contributed by atoms with Crippen molar-refractivity contribution in [1.29, 1.82) is 0 Å². The highest BCUT2D eigenvalue weighted by atomic mass is 19.3. The molecule has 1 saturated heterocycles. The number of carbonyl (C=O) groups is 1. The minimum Gasteiger partial charge on any atom is -0.490 e. The summed E-state index contributed by atoms with van der Waals surface area (Å²) in [6.07, 6.45) is 0.323. The quantitative estimate of drug-likeness (QED) is 0.245. The van der Waals surface area contributed by atoms with Gasteiger partial charge in [0, 0.05) is 19.1 Å². The fraction of sp³-hybridized carbons (Fsp3) is 0.444. The van der Waals surface area contributed by atoms with E-state index < -0.39 is 37.3 Å². The molecule has 9 nitrogen and oxygen atoms in total. The van der Waals surface area contributed by atoms with Gasteiger partial charge < -0.3 is 19.1 Å². The Hall–Kier alpha value is -4.03. The Morgan fingerprint density at radius 3 is 2.35 bits per heavy atom. The lowest BCUT2D eigenvalue weighted by Crippen LogP contribution is -2.44. The van der Waals surface area contributed by atoms with Gasteiger partial charge in [-0.2, -0.15) is 8.78 Å². The van der Waals surface area contributed by atoms with E-state index in [0.29, 0.717) is 37.0 Å². The van der Waals surface area contributed by atoms with Gasteiger partial charge in [-0.1, -0.05) is 6.07 Å². The molecule has 0 N–H and O–H groups in total. The van der Waals surface area contributed by atoms with E-state index in [1.165, 1.54) is 41.0 Å². The summed E-state index contributed by atoms with van der Waals surface area (Å²) in [7, 11) is 0. The van der Waals surface area contributed by atoms with Gasteiger partial charge in [-0.3, -0.25) is 18.7 Å². The predicted molar refractivity (Wildman–Crippen MR) is 138 cm³/mol. The molecule has 1 aliphatic heterocycles.